The number of aromatic nitrogens is 3. The largest absolute Gasteiger partial charge is 0.363 e. The molecule has 0 spiro atoms. The predicted molar refractivity (Wildman–Crippen MR) is 63.3 cm³/mol. The molecule has 0 aromatic carbocycles. The van der Waals surface area contributed by atoms with E-state index in [0.29, 0.717) is 0 Å². The van der Waals surface area contributed by atoms with Crippen LogP contribution in [0.4, 0.5) is 5.13 Å². The van der Waals surface area contributed by atoms with E-state index in [0.717, 1.165) is 15.9 Å². The van der Waals surface area contributed by atoms with Crippen molar-refractivity contribution in [3.05, 3.63) is 29.5 Å². The Morgan fingerprint density at radius 2 is 2.13 bits per heavy atom. The van der Waals surface area contributed by atoms with E-state index < -0.39 is 0 Å². The Balaban J connectivity index is 1.93. The summed E-state index contributed by atoms with van der Waals surface area (Å²) in [6.07, 6.45) is 3.59. The summed E-state index contributed by atoms with van der Waals surface area (Å²) >= 11 is 3.32. The standard InChI is InChI=1S/C9H10N4S2/c1-10-9-13-12-8(15-9)6-14-7-2-4-11-5-3-7/h2-5H,6H2,1H3,(H,10,13). The van der Waals surface area contributed by atoms with Crippen molar-refractivity contribution < 1.29 is 0 Å². The lowest BCUT2D eigenvalue weighted by molar-refractivity contribution is 1.04. The molecule has 2 aromatic rings. The van der Waals surface area contributed by atoms with Crippen molar-refractivity contribution in [2.45, 2.75) is 10.6 Å². The maximum Gasteiger partial charge on any atom is 0.205 e. The number of anilines is 1. The van der Waals surface area contributed by atoms with E-state index in [2.05, 4.69) is 20.5 Å². The van der Waals surface area contributed by atoms with Gasteiger partial charge in [-0.25, -0.2) is 0 Å². The summed E-state index contributed by atoms with van der Waals surface area (Å²) in [7, 11) is 1.85. The van der Waals surface area contributed by atoms with Crippen molar-refractivity contribution in [3.8, 4) is 0 Å². The SMILES string of the molecule is CNc1nnc(CSc2ccncc2)s1. The first-order valence-electron chi connectivity index (χ1n) is 4.41. The van der Waals surface area contributed by atoms with Gasteiger partial charge in [-0.05, 0) is 12.1 Å². The number of hydrogen-bond donors (Lipinski definition) is 1. The summed E-state index contributed by atoms with van der Waals surface area (Å²) in [6.45, 7) is 0. The van der Waals surface area contributed by atoms with Gasteiger partial charge in [0.2, 0.25) is 5.13 Å². The average Bonchev–Trinajstić information content (AvgIpc) is 2.76. The average molecular weight is 238 g/mol. The molecule has 1 N–H and O–H groups in total. The van der Waals surface area contributed by atoms with E-state index >= 15 is 0 Å². The second-order valence-electron chi connectivity index (χ2n) is 2.72. The van der Waals surface area contributed by atoms with Gasteiger partial charge in [0.1, 0.15) is 5.01 Å². The van der Waals surface area contributed by atoms with Crippen molar-refractivity contribution in [1.82, 2.24) is 15.2 Å². The van der Waals surface area contributed by atoms with Gasteiger partial charge in [0.15, 0.2) is 0 Å². The van der Waals surface area contributed by atoms with Gasteiger partial charge in [0, 0.05) is 24.3 Å². The van der Waals surface area contributed by atoms with Crippen LogP contribution in [0.5, 0.6) is 0 Å². The van der Waals surface area contributed by atoms with Crippen LogP contribution >= 0.6 is 23.1 Å². The Bertz CT molecular complexity index is 415. The second-order valence-corrected chi connectivity index (χ2v) is 4.83. The molecule has 2 heterocycles. The van der Waals surface area contributed by atoms with E-state index in [1.54, 1.807) is 35.5 Å². The van der Waals surface area contributed by atoms with Gasteiger partial charge in [-0.15, -0.1) is 22.0 Å². The zero-order valence-electron chi connectivity index (χ0n) is 8.17. The van der Waals surface area contributed by atoms with E-state index in [9.17, 15) is 0 Å². The van der Waals surface area contributed by atoms with Crippen molar-refractivity contribution in [2.75, 3.05) is 12.4 Å². The quantitative estimate of drug-likeness (QED) is 0.828. The van der Waals surface area contributed by atoms with Crippen molar-refractivity contribution in [1.29, 1.82) is 0 Å². The van der Waals surface area contributed by atoms with E-state index in [1.165, 1.54) is 4.90 Å². The van der Waals surface area contributed by atoms with Crippen LogP contribution in [0.15, 0.2) is 29.4 Å². The topological polar surface area (TPSA) is 50.7 Å². The monoisotopic (exact) mass is 238 g/mol. The minimum absolute atomic E-state index is 0.851. The highest BCUT2D eigenvalue weighted by Gasteiger charge is 2.02. The second kappa shape index (κ2) is 5.09. The Morgan fingerprint density at radius 3 is 2.80 bits per heavy atom. The zero-order valence-corrected chi connectivity index (χ0v) is 9.81. The Labute approximate surface area is 96.2 Å². The lowest BCUT2D eigenvalue weighted by Gasteiger charge is -1.96. The van der Waals surface area contributed by atoms with E-state index in [4.69, 9.17) is 0 Å². The third-order valence-corrected chi connectivity index (χ3v) is 3.84. The van der Waals surface area contributed by atoms with Gasteiger partial charge >= 0.3 is 0 Å². The highest BCUT2D eigenvalue weighted by Crippen LogP contribution is 2.24. The molecule has 0 radical (unpaired) electrons. The fourth-order valence-corrected chi connectivity index (χ4v) is 2.56. The fourth-order valence-electron chi connectivity index (χ4n) is 0.992. The number of pyridine rings is 1. The van der Waals surface area contributed by atoms with Gasteiger partial charge in [0.05, 0.1) is 5.75 Å². The highest BCUT2D eigenvalue weighted by molar-refractivity contribution is 7.98. The molecule has 4 nitrogen and oxygen atoms in total. The van der Waals surface area contributed by atoms with E-state index in [-0.39, 0.29) is 0 Å². The first-order chi connectivity index (χ1) is 7.38. The molecule has 15 heavy (non-hydrogen) atoms. The molecule has 6 heteroatoms. The third-order valence-electron chi connectivity index (χ3n) is 1.69. The number of nitrogens with zero attached hydrogens (tertiary/aromatic N) is 3. The van der Waals surface area contributed by atoms with Crippen LogP contribution in [0.2, 0.25) is 0 Å². The normalized spacial score (nSPS) is 10.2. The molecule has 2 rings (SSSR count). The van der Waals surface area contributed by atoms with Crippen LogP contribution in [0.3, 0.4) is 0 Å². The van der Waals surface area contributed by atoms with Crippen LogP contribution in [-0.4, -0.2) is 22.2 Å². The highest BCUT2D eigenvalue weighted by atomic mass is 32.2. The first-order valence-corrected chi connectivity index (χ1v) is 6.21. The van der Waals surface area contributed by atoms with Gasteiger partial charge in [0.25, 0.3) is 0 Å². The van der Waals surface area contributed by atoms with Gasteiger partial charge < -0.3 is 5.32 Å². The summed E-state index contributed by atoms with van der Waals surface area (Å²) in [5.41, 5.74) is 0. The summed E-state index contributed by atoms with van der Waals surface area (Å²) in [5, 5.41) is 12.9. The minimum atomic E-state index is 0.851. The molecular formula is C9H10N4S2. The smallest absolute Gasteiger partial charge is 0.205 e. The number of hydrogen-bond acceptors (Lipinski definition) is 6. The molecular weight excluding hydrogens is 228 g/mol. The van der Waals surface area contributed by atoms with Crippen LogP contribution in [0, 0.1) is 0 Å². The maximum absolute atomic E-state index is 4.07. The molecule has 0 bridgehead atoms. The number of nitrogens with one attached hydrogen (secondary N) is 1. The summed E-state index contributed by atoms with van der Waals surface area (Å²) in [6, 6.07) is 3.98. The molecule has 0 atom stereocenters. The Morgan fingerprint density at radius 1 is 1.33 bits per heavy atom. The lowest BCUT2D eigenvalue weighted by Crippen LogP contribution is -1.84. The Kier molecular flexibility index (Phi) is 3.52. The molecule has 0 amide bonds. The Hall–Kier alpha value is -1.14. The molecule has 0 saturated heterocycles. The van der Waals surface area contributed by atoms with Gasteiger partial charge in [-0.1, -0.05) is 11.3 Å². The maximum atomic E-state index is 4.07. The van der Waals surface area contributed by atoms with Gasteiger partial charge in [-0.2, -0.15) is 0 Å². The summed E-state index contributed by atoms with van der Waals surface area (Å²) < 4.78 is 0. The fraction of sp³-hybridized carbons (Fsp3) is 0.222. The van der Waals surface area contributed by atoms with Gasteiger partial charge in [-0.3, -0.25) is 4.98 Å². The summed E-state index contributed by atoms with van der Waals surface area (Å²) in [5.74, 6) is 0.851. The first kappa shape index (κ1) is 10.4. The van der Waals surface area contributed by atoms with Crippen LogP contribution < -0.4 is 5.32 Å². The van der Waals surface area contributed by atoms with E-state index in [1.807, 2.05) is 19.2 Å². The lowest BCUT2D eigenvalue weighted by atomic mass is 10.5. The van der Waals surface area contributed by atoms with Crippen LogP contribution in [0.1, 0.15) is 5.01 Å². The summed E-state index contributed by atoms with van der Waals surface area (Å²) in [4.78, 5) is 5.17. The van der Waals surface area contributed by atoms with Crippen molar-refractivity contribution in [2.24, 2.45) is 0 Å². The number of rotatable bonds is 4. The molecule has 0 aliphatic heterocycles. The molecule has 0 unspecified atom stereocenters. The van der Waals surface area contributed by atoms with Crippen molar-refractivity contribution >= 4 is 28.2 Å². The van der Waals surface area contributed by atoms with Crippen molar-refractivity contribution in [3.63, 3.8) is 0 Å². The minimum Gasteiger partial charge on any atom is -0.363 e. The molecule has 0 saturated carbocycles. The zero-order chi connectivity index (χ0) is 10.5. The molecule has 0 fully saturated rings. The molecule has 2 aromatic heterocycles. The molecule has 0 aliphatic rings. The number of thioether (sulfide) groups is 1. The van der Waals surface area contributed by atoms with Crippen LogP contribution in [0.25, 0.3) is 0 Å². The van der Waals surface area contributed by atoms with Crippen LogP contribution in [-0.2, 0) is 5.75 Å². The third kappa shape index (κ3) is 2.90. The molecule has 78 valence electrons. The molecule has 0 aliphatic carbocycles. The predicted octanol–water partition coefficient (Wildman–Crippen LogP) is 2.27.